The smallest absolute Gasteiger partial charge is 0.325 e. The van der Waals surface area contributed by atoms with E-state index in [1.807, 2.05) is 0 Å². The van der Waals surface area contributed by atoms with Gasteiger partial charge in [-0.1, -0.05) is 32.1 Å². The van der Waals surface area contributed by atoms with E-state index in [0.29, 0.717) is 11.3 Å². The Kier molecular flexibility index (Phi) is 7.47. The van der Waals surface area contributed by atoms with Gasteiger partial charge >= 0.3 is 5.97 Å². The lowest BCUT2D eigenvalue weighted by Crippen LogP contribution is -2.44. The number of guanidine groups is 1. The second kappa shape index (κ2) is 11.3. The van der Waals surface area contributed by atoms with Gasteiger partial charge in [0.15, 0.2) is 0 Å². The number of likely N-dealkylation sites (N-methyl/N-ethyl adjacent to an activating group) is 1. The van der Waals surface area contributed by atoms with Crippen molar-refractivity contribution in [2.45, 2.75) is 70.8 Å². The van der Waals surface area contributed by atoms with E-state index in [4.69, 9.17) is 20.6 Å². The number of amides is 1. The van der Waals surface area contributed by atoms with Crippen molar-refractivity contribution in [1.82, 2.24) is 10.2 Å². The van der Waals surface area contributed by atoms with Crippen molar-refractivity contribution >= 4 is 29.6 Å². The molecule has 6 nitrogen and oxygen atoms in total. The average Bonchev–Trinajstić information content (AvgIpc) is 2.54. The summed E-state index contributed by atoms with van der Waals surface area (Å²) in [7, 11) is 0. The molecule has 1 atom stereocenters. The number of esters is 1. The van der Waals surface area contributed by atoms with Crippen LogP contribution in [0.5, 0.6) is 0 Å². The highest BCUT2D eigenvalue weighted by molar-refractivity contribution is 6.20. The first-order chi connectivity index (χ1) is 12.2. The van der Waals surface area contributed by atoms with Crippen molar-refractivity contribution < 1.29 is 18.4 Å². The van der Waals surface area contributed by atoms with Gasteiger partial charge in [0.2, 0.25) is 11.9 Å². The van der Waals surface area contributed by atoms with Gasteiger partial charge in [-0.05, 0) is 26.2 Å². The summed E-state index contributed by atoms with van der Waals surface area (Å²) >= 11 is 5.47. The topological polar surface area (TPSA) is 71.0 Å². The number of carbonyl (C=O) groups is 2. The Morgan fingerprint density at radius 1 is 1.22 bits per heavy atom. The quantitative estimate of drug-likeness (QED) is 0.683. The van der Waals surface area contributed by atoms with E-state index in [9.17, 15) is 9.59 Å². The molecule has 0 unspecified atom stereocenters. The predicted molar refractivity (Wildman–Crippen MR) is 91.2 cm³/mol. The van der Waals surface area contributed by atoms with Crippen molar-refractivity contribution in [2.24, 2.45) is 4.51 Å². The van der Waals surface area contributed by atoms with E-state index in [0.717, 1.165) is 44.9 Å². The predicted octanol–water partition coefficient (Wildman–Crippen LogP) is 3.00. The maximum absolute atomic E-state index is 12.1. The third kappa shape index (κ3) is 8.79. The summed E-state index contributed by atoms with van der Waals surface area (Å²) < 4.78 is 31.4. The minimum Gasteiger partial charge on any atom is -0.461 e. The van der Waals surface area contributed by atoms with E-state index >= 15 is 0 Å². The first-order valence-corrected chi connectivity index (χ1v) is 8.53. The largest absolute Gasteiger partial charge is 0.461 e. The van der Waals surface area contributed by atoms with Crippen molar-refractivity contribution in [2.75, 3.05) is 13.5 Å². The van der Waals surface area contributed by atoms with Crippen LogP contribution in [0.25, 0.3) is 0 Å². The zero-order chi connectivity index (χ0) is 19.6. The molecule has 7 heteroatoms. The van der Waals surface area contributed by atoms with Crippen molar-refractivity contribution in [3.63, 3.8) is 0 Å². The molecule has 1 fully saturated rings. The normalized spacial score (nSPS) is 28.1. The number of halogens is 1. The molecule has 1 aliphatic rings. The summed E-state index contributed by atoms with van der Waals surface area (Å²) in [5.74, 6) is -1.46. The third-order valence-electron chi connectivity index (χ3n) is 3.72. The summed E-state index contributed by atoms with van der Waals surface area (Å²) in [5, 5.41) is 2.39. The number of carbonyl (C=O) groups excluding carboxylic acids is 2. The van der Waals surface area contributed by atoms with Gasteiger partial charge < -0.3 is 9.64 Å². The minimum absolute atomic E-state index is 0.242. The fourth-order valence-corrected chi connectivity index (χ4v) is 2.58. The summed E-state index contributed by atoms with van der Waals surface area (Å²) in [6.07, 6.45) is 7.59. The van der Waals surface area contributed by atoms with E-state index in [-0.39, 0.29) is 24.4 Å². The molecule has 0 aromatic rings. The summed E-state index contributed by atoms with van der Waals surface area (Å²) in [5.41, 5.74) is 0. The van der Waals surface area contributed by atoms with Gasteiger partial charge in [0.05, 0.1) is 6.10 Å². The van der Waals surface area contributed by atoms with Gasteiger partial charge in [-0.15, -0.1) is 4.51 Å². The van der Waals surface area contributed by atoms with Crippen LogP contribution >= 0.6 is 11.8 Å². The Morgan fingerprint density at radius 2 is 1.87 bits per heavy atom. The van der Waals surface area contributed by atoms with Crippen LogP contribution in [0.15, 0.2) is 4.51 Å². The Labute approximate surface area is 147 Å². The van der Waals surface area contributed by atoms with Gasteiger partial charge in [0.1, 0.15) is 6.54 Å². The standard InChI is InChI=1S/C16H28ClN3O3/c1-13-10-8-6-4-3-5-7-9-11-14(21)18-16(19-17)20(2)12-15(22)23-13/h13H,3-12H2,1-2H3,(H,18,19,21)/t13-/m1/s1/i2D3. The molecule has 0 aliphatic carbocycles. The number of ether oxygens (including phenoxy) is 1. The highest BCUT2D eigenvalue weighted by Crippen LogP contribution is 2.12. The van der Waals surface area contributed by atoms with E-state index in [2.05, 4.69) is 9.83 Å². The average molecular weight is 349 g/mol. The molecule has 1 rings (SSSR count). The minimum atomic E-state index is -2.70. The molecule has 0 bridgehead atoms. The molecule has 0 aromatic carbocycles. The maximum Gasteiger partial charge on any atom is 0.325 e. The van der Waals surface area contributed by atoms with E-state index in [1.54, 1.807) is 6.92 Å². The lowest BCUT2D eigenvalue weighted by molar-refractivity contribution is -0.148. The molecule has 0 aromatic heterocycles. The lowest BCUT2D eigenvalue weighted by Gasteiger charge is -2.21. The second-order valence-electron chi connectivity index (χ2n) is 5.86. The highest BCUT2D eigenvalue weighted by Gasteiger charge is 2.17. The van der Waals surface area contributed by atoms with Crippen LogP contribution in [0.3, 0.4) is 0 Å². The number of rotatable bonds is 0. The monoisotopic (exact) mass is 348 g/mol. The van der Waals surface area contributed by atoms with Gasteiger partial charge in [0.25, 0.3) is 0 Å². The molecule has 0 spiro atoms. The number of nitrogens with zero attached hydrogens (tertiary/aromatic N) is 2. The first kappa shape index (κ1) is 15.2. The first-order valence-electron chi connectivity index (χ1n) is 9.70. The highest BCUT2D eigenvalue weighted by atomic mass is 35.5. The molecule has 1 aliphatic heterocycles. The van der Waals surface area contributed by atoms with Crippen LogP contribution in [-0.2, 0) is 14.3 Å². The van der Waals surface area contributed by atoms with Crippen molar-refractivity contribution in [3.05, 3.63) is 0 Å². The molecule has 1 heterocycles. The Hall–Kier alpha value is -1.30. The SMILES string of the molecule is [2H]C([2H])([2H])N1CC(=O)O[C@H](C)CCCCCCCCCC(=O)NC1=NCl. The summed E-state index contributed by atoms with van der Waals surface area (Å²) in [6, 6.07) is 0. The molecule has 1 N–H and O–H groups in total. The molecule has 0 radical (unpaired) electrons. The van der Waals surface area contributed by atoms with Crippen LogP contribution in [0.1, 0.15) is 68.8 Å². The Bertz CT molecular complexity index is 501. The molecule has 1 saturated heterocycles. The Balaban J connectivity index is 2.87. The molecule has 23 heavy (non-hydrogen) atoms. The lowest BCUT2D eigenvalue weighted by atomic mass is 10.1. The maximum atomic E-state index is 12.1. The fourth-order valence-electron chi connectivity index (χ4n) is 2.45. The van der Waals surface area contributed by atoms with Gasteiger partial charge in [-0.2, -0.15) is 0 Å². The van der Waals surface area contributed by atoms with Crippen LogP contribution in [0.4, 0.5) is 0 Å². The van der Waals surface area contributed by atoms with Crippen LogP contribution in [-0.4, -0.2) is 42.4 Å². The zero-order valence-corrected chi connectivity index (χ0v) is 14.4. The number of nitrogens with one attached hydrogen (secondary N) is 1. The molecule has 1 amide bonds. The third-order valence-corrected chi connectivity index (χ3v) is 3.88. The van der Waals surface area contributed by atoms with Gasteiger partial charge in [-0.25, -0.2) is 0 Å². The van der Waals surface area contributed by atoms with Crippen LogP contribution in [0, 0.1) is 0 Å². The van der Waals surface area contributed by atoms with Gasteiger partial charge in [0, 0.05) is 29.3 Å². The fraction of sp³-hybridized carbons (Fsp3) is 0.812. The Morgan fingerprint density at radius 3 is 2.52 bits per heavy atom. The van der Waals surface area contributed by atoms with Crippen LogP contribution < -0.4 is 5.32 Å². The zero-order valence-electron chi connectivity index (χ0n) is 16.6. The second-order valence-corrected chi connectivity index (χ2v) is 6.03. The molecular formula is C16H28ClN3O3. The summed E-state index contributed by atoms with van der Waals surface area (Å²) in [6.45, 7) is -1.50. The van der Waals surface area contributed by atoms with Crippen molar-refractivity contribution in [3.8, 4) is 0 Å². The van der Waals surface area contributed by atoms with Gasteiger partial charge in [-0.3, -0.25) is 14.9 Å². The molecular weight excluding hydrogens is 318 g/mol. The number of hydrogen-bond donors (Lipinski definition) is 1. The molecule has 0 saturated carbocycles. The van der Waals surface area contributed by atoms with E-state index in [1.165, 1.54) is 0 Å². The number of cyclic esters (lactones) is 1. The van der Waals surface area contributed by atoms with E-state index < -0.39 is 19.5 Å². The summed E-state index contributed by atoms with van der Waals surface area (Å²) in [4.78, 5) is 24.8. The van der Waals surface area contributed by atoms with Crippen molar-refractivity contribution in [1.29, 1.82) is 0 Å². The van der Waals surface area contributed by atoms with Crippen LogP contribution in [0.2, 0.25) is 0 Å². The number of hydrogen-bond acceptors (Lipinski definition) is 4. The molecule has 132 valence electrons.